The number of unbranched alkanes of at least 4 members (excludes halogenated alkanes) is 1. The topological polar surface area (TPSA) is 63.6 Å². The number of aromatic nitrogens is 1. The standard InChI is InChI=1S/C22H30N2O3/c1-3-11-23-12-7-8-13-26-21-16(2)24-19(14-17-9-5-4-6-10-17)20-18(21)15-27-22(20)25/h4-6,9-10,22-23,25H,3,7-8,11-15H2,1-2H3. The first kappa shape index (κ1) is 19.8. The van der Waals surface area contributed by atoms with E-state index in [0.29, 0.717) is 19.6 Å². The third-order valence-electron chi connectivity index (χ3n) is 4.81. The Labute approximate surface area is 161 Å². The van der Waals surface area contributed by atoms with Crippen LogP contribution < -0.4 is 10.1 Å². The van der Waals surface area contributed by atoms with Gasteiger partial charge in [-0.15, -0.1) is 0 Å². The number of hydrogen-bond donors (Lipinski definition) is 2. The van der Waals surface area contributed by atoms with Gasteiger partial charge in [0.25, 0.3) is 0 Å². The Morgan fingerprint density at radius 3 is 2.81 bits per heavy atom. The molecule has 2 N–H and O–H groups in total. The Bertz CT molecular complexity index is 734. The van der Waals surface area contributed by atoms with Crippen LogP contribution in [-0.4, -0.2) is 29.8 Å². The first-order valence-electron chi connectivity index (χ1n) is 9.90. The maximum Gasteiger partial charge on any atom is 0.183 e. The molecule has 1 atom stereocenters. The van der Waals surface area contributed by atoms with Crippen molar-refractivity contribution in [1.82, 2.24) is 10.3 Å². The lowest BCUT2D eigenvalue weighted by Gasteiger charge is -2.16. The van der Waals surface area contributed by atoms with Gasteiger partial charge >= 0.3 is 0 Å². The number of nitrogens with one attached hydrogen (secondary N) is 1. The molecular weight excluding hydrogens is 340 g/mol. The van der Waals surface area contributed by atoms with Gasteiger partial charge in [0.15, 0.2) is 6.29 Å². The lowest BCUT2D eigenvalue weighted by atomic mass is 10.0. The summed E-state index contributed by atoms with van der Waals surface area (Å²) in [6.45, 7) is 7.24. The van der Waals surface area contributed by atoms with Gasteiger partial charge in [-0.3, -0.25) is 4.98 Å². The number of aliphatic hydroxyl groups excluding tert-OH is 1. The molecule has 0 saturated heterocycles. The minimum Gasteiger partial charge on any atom is -0.491 e. The fraction of sp³-hybridized carbons (Fsp3) is 0.500. The van der Waals surface area contributed by atoms with Crippen molar-refractivity contribution in [2.24, 2.45) is 0 Å². The van der Waals surface area contributed by atoms with Crippen LogP contribution >= 0.6 is 0 Å². The number of rotatable bonds is 10. The number of benzene rings is 1. The van der Waals surface area contributed by atoms with Crippen LogP contribution in [-0.2, 0) is 17.8 Å². The van der Waals surface area contributed by atoms with Crippen molar-refractivity contribution < 1.29 is 14.6 Å². The van der Waals surface area contributed by atoms with Crippen molar-refractivity contribution in [3.05, 3.63) is 58.4 Å². The second-order valence-electron chi connectivity index (χ2n) is 7.00. The fourth-order valence-corrected chi connectivity index (χ4v) is 3.45. The molecule has 0 bridgehead atoms. The minimum absolute atomic E-state index is 0.370. The molecule has 1 aromatic carbocycles. The Morgan fingerprint density at radius 2 is 2.04 bits per heavy atom. The molecule has 0 fully saturated rings. The average molecular weight is 370 g/mol. The van der Waals surface area contributed by atoms with Crippen LogP contribution in [0.2, 0.25) is 0 Å². The van der Waals surface area contributed by atoms with Crippen LogP contribution in [0.3, 0.4) is 0 Å². The molecule has 1 aliphatic heterocycles. The van der Waals surface area contributed by atoms with Gasteiger partial charge in [0.1, 0.15) is 5.75 Å². The molecule has 146 valence electrons. The summed E-state index contributed by atoms with van der Waals surface area (Å²) >= 11 is 0. The van der Waals surface area contributed by atoms with E-state index in [-0.39, 0.29) is 0 Å². The van der Waals surface area contributed by atoms with Crippen molar-refractivity contribution in [2.45, 2.75) is 52.4 Å². The second-order valence-corrected chi connectivity index (χ2v) is 7.00. The largest absolute Gasteiger partial charge is 0.491 e. The van der Waals surface area contributed by atoms with Crippen LogP contribution in [0, 0.1) is 6.92 Å². The van der Waals surface area contributed by atoms with Gasteiger partial charge in [-0.1, -0.05) is 37.3 Å². The molecule has 5 nitrogen and oxygen atoms in total. The Morgan fingerprint density at radius 1 is 1.22 bits per heavy atom. The number of fused-ring (bicyclic) bond motifs is 1. The third-order valence-corrected chi connectivity index (χ3v) is 4.81. The molecule has 0 spiro atoms. The highest BCUT2D eigenvalue weighted by Crippen LogP contribution is 2.39. The van der Waals surface area contributed by atoms with Crippen LogP contribution in [0.5, 0.6) is 5.75 Å². The van der Waals surface area contributed by atoms with E-state index in [9.17, 15) is 5.11 Å². The average Bonchev–Trinajstić information content (AvgIpc) is 3.06. The Hall–Kier alpha value is -1.95. The molecular formula is C22H30N2O3. The van der Waals surface area contributed by atoms with E-state index >= 15 is 0 Å². The predicted octanol–water partition coefficient (Wildman–Crippen LogP) is 3.66. The predicted molar refractivity (Wildman–Crippen MR) is 106 cm³/mol. The maximum absolute atomic E-state index is 10.3. The molecule has 5 heteroatoms. The van der Waals surface area contributed by atoms with Gasteiger partial charge in [0, 0.05) is 17.5 Å². The van der Waals surface area contributed by atoms with Crippen LogP contribution in [0.25, 0.3) is 0 Å². The van der Waals surface area contributed by atoms with E-state index in [0.717, 1.165) is 60.6 Å². The van der Waals surface area contributed by atoms with E-state index in [4.69, 9.17) is 14.5 Å². The van der Waals surface area contributed by atoms with Gasteiger partial charge in [-0.05, 0) is 44.8 Å². The molecule has 2 aromatic rings. The molecule has 2 heterocycles. The molecule has 1 aliphatic rings. The molecule has 1 unspecified atom stereocenters. The van der Waals surface area contributed by atoms with E-state index < -0.39 is 6.29 Å². The molecule has 3 rings (SSSR count). The van der Waals surface area contributed by atoms with Crippen molar-refractivity contribution in [3.8, 4) is 5.75 Å². The third kappa shape index (κ3) is 5.06. The first-order chi connectivity index (χ1) is 13.2. The van der Waals surface area contributed by atoms with Crippen molar-refractivity contribution in [1.29, 1.82) is 0 Å². The number of ether oxygens (including phenoxy) is 2. The molecule has 0 amide bonds. The van der Waals surface area contributed by atoms with Gasteiger partial charge in [0.05, 0.1) is 24.6 Å². The SMILES string of the molecule is CCCNCCCCOc1c(C)nc(Cc2ccccc2)c2c1COC2O. The summed E-state index contributed by atoms with van der Waals surface area (Å²) in [5, 5.41) is 13.7. The zero-order valence-corrected chi connectivity index (χ0v) is 16.3. The summed E-state index contributed by atoms with van der Waals surface area (Å²) in [6.07, 6.45) is 2.98. The van der Waals surface area contributed by atoms with Gasteiger partial charge < -0.3 is 19.9 Å². The normalized spacial score (nSPS) is 15.7. The first-order valence-corrected chi connectivity index (χ1v) is 9.90. The van der Waals surface area contributed by atoms with Crippen LogP contribution in [0.1, 0.15) is 60.6 Å². The lowest BCUT2D eigenvalue weighted by Crippen LogP contribution is -2.16. The van der Waals surface area contributed by atoms with Gasteiger partial charge in [-0.2, -0.15) is 0 Å². The Balaban J connectivity index is 1.69. The maximum atomic E-state index is 10.3. The number of pyridine rings is 1. The number of aliphatic hydroxyl groups is 1. The summed E-state index contributed by atoms with van der Waals surface area (Å²) in [7, 11) is 0. The van der Waals surface area contributed by atoms with Crippen molar-refractivity contribution in [2.75, 3.05) is 19.7 Å². The molecule has 0 radical (unpaired) electrons. The van der Waals surface area contributed by atoms with Gasteiger partial charge in [-0.25, -0.2) is 0 Å². The monoisotopic (exact) mass is 370 g/mol. The van der Waals surface area contributed by atoms with Gasteiger partial charge in [0.2, 0.25) is 0 Å². The fourth-order valence-electron chi connectivity index (χ4n) is 3.45. The van der Waals surface area contributed by atoms with E-state index in [1.54, 1.807) is 0 Å². The summed E-state index contributed by atoms with van der Waals surface area (Å²) in [5.41, 5.74) is 4.63. The van der Waals surface area contributed by atoms with Crippen molar-refractivity contribution >= 4 is 0 Å². The van der Waals surface area contributed by atoms with E-state index in [1.165, 1.54) is 5.56 Å². The highest BCUT2D eigenvalue weighted by Gasteiger charge is 2.30. The van der Waals surface area contributed by atoms with Crippen LogP contribution in [0.4, 0.5) is 0 Å². The molecule has 0 saturated carbocycles. The summed E-state index contributed by atoms with van der Waals surface area (Å²) in [5.74, 6) is 0.778. The zero-order chi connectivity index (χ0) is 19.1. The second kappa shape index (κ2) is 9.83. The van der Waals surface area contributed by atoms with Crippen LogP contribution in [0.15, 0.2) is 30.3 Å². The summed E-state index contributed by atoms with van der Waals surface area (Å²) in [4.78, 5) is 4.75. The summed E-state index contributed by atoms with van der Waals surface area (Å²) in [6, 6.07) is 10.2. The smallest absolute Gasteiger partial charge is 0.183 e. The quantitative estimate of drug-likeness (QED) is 0.625. The minimum atomic E-state index is -0.924. The van der Waals surface area contributed by atoms with E-state index in [2.05, 4.69) is 24.4 Å². The molecule has 0 aliphatic carbocycles. The highest BCUT2D eigenvalue weighted by atomic mass is 16.6. The number of hydrogen-bond acceptors (Lipinski definition) is 5. The molecule has 27 heavy (non-hydrogen) atoms. The lowest BCUT2D eigenvalue weighted by molar-refractivity contribution is -0.0923. The van der Waals surface area contributed by atoms with Crippen molar-refractivity contribution in [3.63, 3.8) is 0 Å². The zero-order valence-electron chi connectivity index (χ0n) is 16.3. The number of nitrogens with zero attached hydrogens (tertiary/aromatic N) is 1. The van der Waals surface area contributed by atoms with E-state index in [1.807, 2.05) is 25.1 Å². The Kier molecular flexibility index (Phi) is 7.21. The summed E-state index contributed by atoms with van der Waals surface area (Å²) < 4.78 is 11.6. The molecule has 1 aromatic heterocycles. The number of aryl methyl sites for hydroxylation is 1. The highest BCUT2D eigenvalue weighted by molar-refractivity contribution is 5.48.